The Balaban J connectivity index is 1.70. The van der Waals surface area contributed by atoms with E-state index in [1.165, 1.54) is 5.56 Å². The second kappa shape index (κ2) is 6.71. The minimum absolute atomic E-state index is 0.0497. The minimum atomic E-state index is -0.164. The molecule has 0 saturated carbocycles. The number of hydrogen-bond donors (Lipinski definition) is 1. The first-order valence-corrected chi connectivity index (χ1v) is 8.61. The van der Waals surface area contributed by atoms with Crippen molar-refractivity contribution in [3.63, 3.8) is 0 Å². The van der Waals surface area contributed by atoms with Gasteiger partial charge in [0.2, 0.25) is 5.91 Å². The summed E-state index contributed by atoms with van der Waals surface area (Å²) in [5, 5.41) is 3.00. The normalized spacial score (nSPS) is 17.0. The molecule has 0 unspecified atom stereocenters. The highest BCUT2D eigenvalue weighted by atomic mass is 16.2. The second-order valence-electron chi connectivity index (χ2n) is 6.95. The van der Waals surface area contributed by atoms with Gasteiger partial charge in [0.05, 0.1) is 6.04 Å². The van der Waals surface area contributed by atoms with Crippen LogP contribution in [-0.2, 0) is 4.79 Å². The van der Waals surface area contributed by atoms with Gasteiger partial charge in [0.25, 0.3) is 5.91 Å². The maximum atomic E-state index is 12.5. The Morgan fingerprint density at radius 1 is 0.960 bits per heavy atom. The van der Waals surface area contributed by atoms with Crippen LogP contribution >= 0.6 is 0 Å². The molecule has 130 valence electrons. The number of benzene rings is 2. The molecule has 3 rings (SSSR count). The standard InChI is InChI=1S/C21H24N2O2/c1-13-5-7-17(9-15(13)3)21(25)22-18-11-20(24)23(12-18)19-8-6-14(2)16(4)10-19/h5-10,18H,11-12H2,1-4H3,(H,22,25)/t18-/m1/s1. The molecule has 0 aromatic heterocycles. The van der Waals surface area contributed by atoms with E-state index in [0.29, 0.717) is 18.5 Å². The lowest BCUT2D eigenvalue weighted by Crippen LogP contribution is -2.37. The van der Waals surface area contributed by atoms with Crippen molar-refractivity contribution in [1.29, 1.82) is 0 Å². The number of carbonyl (C=O) groups is 2. The van der Waals surface area contributed by atoms with Crippen LogP contribution < -0.4 is 10.2 Å². The molecule has 2 amide bonds. The number of nitrogens with one attached hydrogen (secondary N) is 1. The molecule has 4 nitrogen and oxygen atoms in total. The molecule has 0 spiro atoms. The molecule has 1 N–H and O–H groups in total. The van der Waals surface area contributed by atoms with Crippen molar-refractivity contribution in [2.75, 3.05) is 11.4 Å². The first-order chi connectivity index (χ1) is 11.8. The highest BCUT2D eigenvalue weighted by molar-refractivity contribution is 5.99. The van der Waals surface area contributed by atoms with Gasteiger partial charge in [-0.25, -0.2) is 0 Å². The molecule has 1 atom stereocenters. The van der Waals surface area contributed by atoms with E-state index in [4.69, 9.17) is 0 Å². The Morgan fingerprint density at radius 2 is 1.60 bits per heavy atom. The molecular weight excluding hydrogens is 312 g/mol. The third-order valence-electron chi connectivity index (χ3n) is 5.03. The fourth-order valence-corrected chi connectivity index (χ4v) is 3.10. The van der Waals surface area contributed by atoms with E-state index in [9.17, 15) is 9.59 Å². The quantitative estimate of drug-likeness (QED) is 0.933. The zero-order valence-corrected chi connectivity index (χ0v) is 15.2. The molecule has 1 heterocycles. The fourth-order valence-electron chi connectivity index (χ4n) is 3.10. The molecule has 0 aliphatic carbocycles. The van der Waals surface area contributed by atoms with Gasteiger partial charge in [0.15, 0.2) is 0 Å². The third-order valence-corrected chi connectivity index (χ3v) is 5.03. The van der Waals surface area contributed by atoms with Gasteiger partial charge in [-0.05, 0) is 74.2 Å². The lowest BCUT2D eigenvalue weighted by atomic mass is 10.1. The number of carbonyl (C=O) groups excluding carboxylic acids is 2. The topological polar surface area (TPSA) is 49.4 Å². The zero-order valence-electron chi connectivity index (χ0n) is 15.2. The summed E-state index contributed by atoms with van der Waals surface area (Å²) in [4.78, 5) is 26.6. The number of nitrogens with zero attached hydrogens (tertiary/aromatic N) is 1. The van der Waals surface area contributed by atoms with E-state index in [2.05, 4.69) is 12.2 Å². The van der Waals surface area contributed by atoms with Gasteiger partial charge in [0.1, 0.15) is 0 Å². The van der Waals surface area contributed by atoms with Crippen molar-refractivity contribution in [3.8, 4) is 0 Å². The van der Waals surface area contributed by atoms with Gasteiger partial charge >= 0.3 is 0 Å². The molecule has 0 bridgehead atoms. The van der Waals surface area contributed by atoms with Gasteiger partial charge in [-0.3, -0.25) is 9.59 Å². The van der Waals surface area contributed by atoms with Crippen molar-refractivity contribution in [3.05, 3.63) is 64.2 Å². The second-order valence-corrected chi connectivity index (χ2v) is 6.95. The van der Waals surface area contributed by atoms with E-state index < -0.39 is 0 Å². The molecule has 0 radical (unpaired) electrons. The van der Waals surface area contributed by atoms with Gasteiger partial charge in [-0.15, -0.1) is 0 Å². The number of rotatable bonds is 3. The van der Waals surface area contributed by atoms with Crippen LogP contribution in [0.15, 0.2) is 36.4 Å². The first kappa shape index (κ1) is 17.2. The summed E-state index contributed by atoms with van der Waals surface area (Å²) >= 11 is 0. The van der Waals surface area contributed by atoms with Crippen LogP contribution in [0.2, 0.25) is 0 Å². The van der Waals surface area contributed by atoms with Gasteiger partial charge in [-0.2, -0.15) is 0 Å². The smallest absolute Gasteiger partial charge is 0.251 e. The van der Waals surface area contributed by atoms with Crippen molar-refractivity contribution in [2.24, 2.45) is 0 Å². The van der Waals surface area contributed by atoms with E-state index in [0.717, 1.165) is 22.4 Å². The van der Waals surface area contributed by atoms with Crippen LogP contribution in [-0.4, -0.2) is 24.4 Å². The van der Waals surface area contributed by atoms with Crippen LogP contribution in [0.5, 0.6) is 0 Å². The average molecular weight is 336 g/mol. The van der Waals surface area contributed by atoms with Crippen LogP contribution in [0.1, 0.15) is 39.0 Å². The minimum Gasteiger partial charge on any atom is -0.347 e. The lowest BCUT2D eigenvalue weighted by Gasteiger charge is -2.18. The van der Waals surface area contributed by atoms with E-state index in [1.807, 2.05) is 57.2 Å². The number of aryl methyl sites for hydroxylation is 4. The first-order valence-electron chi connectivity index (χ1n) is 8.61. The maximum absolute atomic E-state index is 12.5. The van der Waals surface area contributed by atoms with E-state index in [-0.39, 0.29) is 17.9 Å². The number of amides is 2. The lowest BCUT2D eigenvalue weighted by molar-refractivity contribution is -0.117. The molecule has 2 aromatic rings. The molecule has 1 aliphatic rings. The van der Waals surface area contributed by atoms with Crippen LogP contribution in [0.4, 0.5) is 5.69 Å². The van der Waals surface area contributed by atoms with Crippen molar-refractivity contribution in [1.82, 2.24) is 5.32 Å². The largest absolute Gasteiger partial charge is 0.347 e. The van der Waals surface area contributed by atoms with Crippen molar-refractivity contribution < 1.29 is 9.59 Å². The molecular formula is C21H24N2O2. The Morgan fingerprint density at radius 3 is 2.24 bits per heavy atom. The summed E-state index contributed by atoms with van der Waals surface area (Å²) in [7, 11) is 0. The van der Waals surface area contributed by atoms with Crippen LogP contribution in [0, 0.1) is 27.7 Å². The van der Waals surface area contributed by atoms with E-state index in [1.54, 1.807) is 4.90 Å². The molecule has 1 saturated heterocycles. The Kier molecular flexibility index (Phi) is 4.62. The third kappa shape index (κ3) is 3.58. The summed E-state index contributed by atoms with van der Waals surface area (Å²) in [5.74, 6) is -0.0727. The average Bonchev–Trinajstić information content (AvgIpc) is 2.93. The monoisotopic (exact) mass is 336 g/mol. The van der Waals surface area contributed by atoms with Crippen molar-refractivity contribution in [2.45, 2.75) is 40.2 Å². The summed E-state index contributed by atoms with van der Waals surface area (Å²) in [5.41, 5.74) is 6.15. The predicted molar refractivity (Wildman–Crippen MR) is 100 cm³/mol. The zero-order chi connectivity index (χ0) is 18.1. The Bertz CT molecular complexity index is 842. The summed E-state index contributed by atoms with van der Waals surface area (Å²) in [6.45, 7) is 8.62. The highest BCUT2D eigenvalue weighted by Crippen LogP contribution is 2.24. The van der Waals surface area contributed by atoms with Gasteiger partial charge in [0, 0.05) is 24.2 Å². The molecule has 2 aromatic carbocycles. The Labute approximate surface area is 148 Å². The van der Waals surface area contributed by atoms with Crippen LogP contribution in [0.25, 0.3) is 0 Å². The molecule has 25 heavy (non-hydrogen) atoms. The van der Waals surface area contributed by atoms with Gasteiger partial charge in [-0.1, -0.05) is 12.1 Å². The summed E-state index contributed by atoms with van der Waals surface area (Å²) < 4.78 is 0. The predicted octanol–water partition coefficient (Wildman–Crippen LogP) is 3.46. The van der Waals surface area contributed by atoms with E-state index >= 15 is 0 Å². The van der Waals surface area contributed by atoms with Gasteiger partial charge < -0.3 is 10.2 Å². The Hall–Kier alpha value is -2.62. The maximum Gasteiger partial charge on any atom is 0.251 e. The SMILES string of the molecule is Cc1ccc(C(=O)N[C@@H]2CC(=O)N(c3ccc(C)c(C)c3)C2)cc1C. The molecule has 1 aliphatic heterocycles. The number of hydrogen-bond acceptors (Lipinski definition) is 2. The fraction of sp³-hybridized carbons (Fsp3) is 0.333. The van der Waals surface area contributed by atoms with Crippen LogP contribution in [0.3, 0.4) is 0 Å². The summed E-state index contributed by atoms with van der Waals surface area (Å²) in [6.07, 6.45) is 0.337. The summed E-state index contributed by atoms with van der Waals surface area (Å²) in [6, 6.07) is 11.5. The molecule has 1 fully saturated rings. The number of anilines is 1. The molecule has 4 heteroatoms. The highest BCUT2D eigenvalue weighted by Gasteiger charge is 2.31. The van der Waals surface area contributed by atoms with Crippen molar-refractivity contribution >= 4 is 17.5 Å².